The van der Waals surface area contributed by atoms with E-state index in [2.05, 4.69) is 0 Å². The minimum Gasteiger partial charge on any atom is -0.338 e. The Morgan fingerprint density at radius 2 is 1.29 bits per heavy atom. The van der Waals surface area contributed by atoms with Gasteiger partial charge in [0, 0.05) is 26.2 Å². The van der Waals surface area contributed by atoms with E-state index in [-0.39, 0.29) is 48.4 Å². The molecule has 35 heavy (non-hydrogen) atoms. The van der Waals surface area contributed by atoms with Gasteiger partial charge in [0.05, 0.1) is 15.5 Å². The molecular formula is C25H27N3O5S2. The van der Waals surface area contributed by atoms with Crippen LogP contribution in [0.15, 0.2) is 94.7 Å². The van der Waals surface area contributed by atoms with Crippen molar-refractivity contribution in [2.75, 3.05) is 37.0 Å². The molecule has 0 atom stereocenters. The van der Waals surface area contributed by atoms with E-state index in [9.17, 15) is 21.6 Å². The maximum absolute atomic E-state index is 13.4. The molecule has 184 valence electrons. The second kappa shape index (κ2) is 10.2. The van der Waals surface area contributed by atoms with Crippen LogP contribution in [0.4, 0.5) is 5.69 Å². The molecule has 3 aromatic rings. The highest BCUT2D eigenvalue weighted by Crippen LogP contribution is 2.24. The molecule has 0 unspecified atom stereocenters. The average Bonchev–Trinajstić information content (AvgIpc) is 2.88. The van der Waals surface area contributed by atoms with E-state index < -0.39 is 20.0 Å². The number of benzene rings is 3. The van der Waals surface area contributed by atoms with Crippen LogP contribution in [0, 0.1) is 6.92 Å². The molecule has 0 aliphatic carbocycles. The predicted molar refractivity (Wildman–Crippen MR) is 134 cm³/mol. The van der Waals surface area contributed by atoms with Crippen molar-refractivity contribution in [1.29, 1.82) is 0 Å². The summed E-state index contributed by atoms with van der Waals surface area (Å²) in [5, 5.41) is 0. The van der Waals surface area contributed by atoms with Crippen molar-refractivity contribution >= 4 is 31.6 Å². The van der Waals surface area contributed by atoms with Gasteiger partial charge in [-0.15, -0.1) is 0 Å². The second-order valence-electron chi connectivity index (χ2n) is 8.26. The third-order valence-electron chi connectivity index (χ3n) is 5.90. The van der Waals surface area contributed by atoms with Crippen LogP contribution >= 0.6 is 0 Å². The molecule has 1 aliphatic rings. The molecule has 0 bridgehead atoms. The lowest BCUT2D eigenvalue weighted by Crippen LogP contribution is -2.53. The number of para-hydroxylation sites is 1. The van der Waals surface area contributed by atoms with Crippen LogP contribution in [0.5, 0.6) is 0 Å². The third-order valence-corrected chi connectivity index (χ3v) is 9.61. The van der Waals surface area contributed by atoms with Crippen molar-refractivity contribution in [2.24, 2.45) is 0 Å². The van der Waals surface area contributed by atoms with Gasteiger partial charge in [0.15, 0.2) is 0 Å². The Morgan fingerprint density at radius 3 is 1.86 bits per heavy atom. The van der Waals surface area contributed by atoms with Crippen molar-refractivity contribution in [2.45, 2.75) is 16.7 Å². The summed E-state index contributed by atoms with van der Waals surface area (Å²) in [6, 6.07) is 23.1. The number of hydrogen-bond donors (Lipinski definition) is 0. The molecule has 1 heterocycles. The number of aryl methyl sites for hydroxylation is 1. The van der Waals surface area contributed by atoms with E-state index in [1.165, 1.54) is 21.3 Å². The van der Waals surface area contributed by atoms with Gasteiger partial charge in [-0.1, -0.05) is 54.1 Å². The number of amides is 1. The lowest BCUT2D eigenvalue weighted by Gasteiger charge is -2.35. The van der Waals surface area contributed by atoms with E-state index >= 15 is 0 Å². The molecule has 0 N–H and O–H groups in total. The number of piperazine rings is 1. The Bertz CT molecular complexity index is 1370. The Kier molecular flexibility index (Phi) is 7.25. The number of rotatable bonds is 7. The summed E-state index contributed by atoms with van der Waals surface area (Å²) in [4.78, 5) is 15.0. The zero-order valence-electron chi connectivity index (χ0n) is 19.3. The zero-order valence-corrected chi connectivity index (χ0v) is 21.0. The van der Waals surface area contributed by atoms with E-state index in [4.69, 9.17) is 0 Å². The van der Waals surface area contributed by atoms with Gasteiger partial charge < -0.3 is 4.90 Å². The summed E-state index contributed by atoms with van der Waals surface area (Å²) >= 11 is 0. The van der Waals surface area contributed by atoms with Gasteiger partial charge in [0.2, 0.25) is 15.9 Å². The van der Waals surface area contributed by atoms with Gasteiger partial charge in [-0.3, -0.25) is 9.10 Å². The summed E-state index contributed by atoms with van der Waals surface area (Å²) in [6.07, 6.45) is 0. The molecule has 1 saturated heterocycles. The quantitative estimate of drug-likeness (QED) is 0.484. The minimum absolute atomic E-state index is 0.0886. The Hall–Kier alpha value is -3.21. The van der Waals surface area contributed by atoms with Crippen LogP contribution in [-0.4, -0.2) is 64.7 Å². The first-order chi connectivity index (χ1) is 16.7. The normalized spacial score (nSPS) is 15.1. The lowest BCUT2D eigenvalue weighted by atomic mass is 10.2. The number of carbonyl (C=O) groups is 1. The van der Waals surface area contributed by atoms with Crippen molar-refractivity contribution in [1.82, 2.24) is 9.21 Å². The lowest BCUT2D eigenvalue weighted by molar-refractivity contribution is -0.130. The topological polar surface area (TPSA) is 95.1 Å². The Balaban J connectivity index is 1.49. The molecule has 0 spiro atoms. The first-order valence-electron chi connectivity index (χ1n) is 11.2. The van der Waals surface area contributed by atoms with Crippen LogP contribution < -0.4 is 4.31 Å². The van der Waals surface area contributed by atoms with Crippen LogP contribution in [0.3, 0.4) is 0 Å². The van der Waals surface area contributed by atoms with Crippen molar-refractivity contribution in [3.8, 4) is 0 Å². The summed E-state index contributed by atoms with van der Waals surface area (Å²) in [5.74, 6) is -0.388. The molecule has 0 aromatic heterocycles. The SMILES string of the molecule is Cc1ccc(S(=O)(=O)N2CCN(C(=O)CN(c3ccccc3)S(=O)(=O)c3ccccc3)CC2)cc1. The molecule has 3 aromatic carbocycles. The van der Waals surface area contributed by atoms with Crippen molar-refractivity contribution < 1.29 is 21.6 Å². The van der Waals surface area contributed by atoms with E-state index in [0.29, 0.717) is 5.69 Å². The number of anilines is 1. The fraction of sp³-hybridized carbons (Fsp3) is 0.240. The van der Waals surface area contributed by atoms with Gasteiger partial charge in [-0.2, -0.15) is 4.31 Å². The van der Waals surface area contributed by atoms with Gasteiger partial charge in [-0.05, 0) is 43.3 Å². The van der Waals surface area contributed by atoms with Crippen LogP contribution in [0.25, 0.3) is 0 Å². The molecule has 1 fully saturated rings. The number of carbonyl (C=O) groups excluding carboxylic acids is 1. The van der Waals surface area contributed by atoms with E-state index in [1.807, 2.05) is 6.92 Å². The predicted octanol–water partition coefficient (Wildman–Crippen LogP) is 2.72. The van der Waals surface area contributed by atoms with Crippen LogP contribution in [0.1, 0.15) is 5.56 Å². The molecule has 1 aliphatic heterocycles. The standard InChI is InChI=1S/C25H27N3O5S2/c1-21-12-14-24(15-13-21)34(30,31)27-18-16-26(17-19-27)25(29)20-28(22-8-4-2-5-9-22)35(32,33)23-10-6-3-7-11-23/h2-15H,16-20H2,1H3. The van der Waals surface area contributed by atoms with Crippen molar-refractivity contribution in [3.05, 3.63) is 90.5 Å². The molecule has 0 saturated carbocycles. The maximum atomic E-state index is 13.4. The average molecular weight is 514 g/mol. The third kappa shape index (κ3) is 5.39. The molecule has 8 nitrogen and oxygen atoms in total. The Morgan fingerprint density at radius 1 is 0.743 bits per heavy atom. The first kappa shape index (κ1) is 24.9. The highest BCUT2D eigenvalue weighted by atomic mass is 32.2. The van der Waals surface area contributed by atoms with E-state index in [1.54, 1.807) is 72.8 Å². The minimum atomic E-state index is -3.98. The number of nitrogens with zero attached hydrogens (tertiary/aromatic N) is 3. The van der Waals surface area contributed by atoms with Gasteiger partial charge >= 0.3 is 0 Å². The molecular weight excluding hydrogens is 486 g/mol. The van der Waals surface area contributed by atoms with Gasteiger partial charge in [0.25, 0.3) is 10.0 Å². The fourth-order valence-electron chi connectivity index (χ4n) is 3.89. The first-order valence-corrected chi connectivity index (χ1v) is 14.0. The second-order valence-corrected chi connectivity index (χ2v) is 12.1. The molecule has 4 rings (SSSR count). The van der Waals surface area contributed by atoms with Crippen LogP contribution in [0.2, 0.25) is 0 Å². The highest BCUT2D eigenvalue weighted by Gasteiger charge is 2.33. The molecule has 0 radical (unpaired) electrons. The molecule has 1 amide bonds. The van der Waals surface area contributed by atoms with E-state index in [0.717, 1.165) is 9.87 Å². The van der Waals surface area contributed by atoms with Gasteiger partial charge in [-0.25, -0.2) is 16.8 Å². The summed E-state index contributed by atoms with van der Waals surface area (Å²) in [5.41, 5.74) is 1.35. The number of sulfonamides is 2. The maximum Gasteiger partial charge on any atom is 0.264 e. The zero-order chi connectivity index (χ0) is 25.1. The summed E-state index contributed by atoms with van der Waals surface area (Å²) < 4.78 is 55.1. The molecule has 10 heteroatoms. The summed E-state index contributed by atoms with van der Waals surface area (Å²) in [7, 11) is -7.65. The van der Waals surface area contributed by atoms with Gasteiger partial charge in [0.1, 0.15) is 6.54 Å². The Labute approximate surface area is 206 Å². The van der Waals surface area contributed by atoms with Crippen LogP contribution in [-0.2, 0) is 24.8 Å². The highest BCUT2D eigenvalue weighted by molar-refractivity contribution is 7.92. The smallest absolute Gasteiger partial charge is 0.264 e. The van der Waals surface area contributed by atoms with Crippen molar-refractivity contribution in [3.63, 3.8) is 0 Å². The fourth-order valence-corrected chi connectivity index (χ4v) is 6.75. The summed E-state index contributed by atoms with van der Waals surface area (Å²) in [6.45, 7) is 2.14. The monoisotopic (exact) mass is 513 g/mol. The number of hydrogen-bond acceptors (Lipinski definition) is 5. The largest absolute Gasteiger partial charge is 0.338 e.